The van der Waals surface area contributed by atoms with Gasteiger partial charge in [0.2, 0.25) is 0 Å². The molecule has 0 aliphatic rings. The summed E-state index contributed by atoms with van der Waals surface area (Å²) in [6.45, 7) is 11.3. The minimum atomic E-state index is 0.0325. The summed E-state index contributed by atoms with van der Waals surface area (Å²) in [6, 6.07) is 5.77. The molecule has 0 saturated carbocycles. The lowest BCUT2D eigenvalue weighted by Crippen LogP contribution is -2.35. The van der Waals surface area contributed by atoms with Crippen molar-refractivity contribution in [3.8, 4) is 5.75 Å². The van der Waals surface area contributed by atoms with E-state index in [1.165, 1.54) is 0 Å². The Bertz CT molecular complexity index is 600. The number of nitrogens with zero attached hydrogens (tertiary/aromatic N) is 2. The third-order valence-electron chi connectivity index (χ3n) is 2.90. The second kappa shape index (κ2) is 6.26. The highest BCUT2D eigenvalue weighted by Crippen LogP contribution is 2.19. The first-order valence-electron chi connectivity index (χ1n) is 7.10. The van der Waals surface area contributed by atoms with Crippen molar-refractivity contribution in [2.45, 2.75) is 53.3 Å². The molecule has 2 aromatic heterocycles. The average Bonchev–Trinajstić information content (AvgIpc) is 2.80. The van der Waals surface area contributed by atoms with Crippen LogP contribution >= 0.6 is 0 Å². The Hall–Kier alpha value is -1.88. The molecule has 0 spiro atoms. The van der Waals surface area contributed by atoms with E-state index >= 15 is 0 Å². The van der Waals surface area contributed by atoms with Gasteiger partial charge < -0.3 is 14.6 Å². The molecule has 0 aliphatic heterocycles. The molecule has 21 heavy (non-hydrogen) atoms. The quantitative estimate of drug-likeness (QED) is 0.916. The predicted octanol–water partition coefficient (Wildman–Crippen LogP) is 3.15. The van der Waals surface area contributed by atoms with E-state index < -0.39 is 0 Å². The van der Waals surface area contributed by atoms with Gasteiger partial charge in [-0.05, 0) is 46.8 Å². The van der Waals surface area contributed by atoms with Gasteiger partial charge in [0.25, 0.3) is 0 Å². The molecule has 2 rings (SSSR count). The van der Waals surface area contributed by atoms with Crippen molar-refractivity contribution in [2.75, 3.05) is 0 Å². The molecule has 2 aromatic rings. The summed E-state index contributed by atoms with van der Waals surface area (Å²) >= 11 is 0. The molecule has 0 amide bonds. The highest BCUT2D eigenvalue weighted by Gasteiger charge is 2.13. The Labute approximate surface area is 125 Å². The number of rotatable bonds is 5. The number of pyridine rings is 1. The zero-order chi connectivity index (χ0) is 15.5. The van der Waals surface area contributed by atoms with Crippen LogP contribution in [0.15, 0.2) is 22.7 Å². The average molecular weight is 289 g/mol. The summed E-state index contributed by atoms with van der Waals surface area (Å²) in [5.74, 6) is 1.48. The highest BCUT2D eigenvalue weighted by molar-refractivity contribution is 5.29. The molecule has 2 heterocycles. The molecular weight excluding hydrogens is 266 g/mol. The number of aryl methyl sites for hydroxylation is 2. The molecule has 0 aromatic carbocycles. The maximum absolute atomic E-state index is 5.82. The monoisotopic (exact) mass is 289 g/mol. The van der Waals surface area contributed by atoms with Crippen LogP contribution in [0.1, 0.15) is 43.6 Å². The van der Waals surface area contributed by atoms with E-state index in [-0.39, 0.29) is 5.54 Å². The van der Waals surface area contributed by atoms with Gasteiger partial charge in [0.1, 0.15) is 12.4 Å². The molecule has 0 unspecified atom stereocenters. The summed E-state index contributed by atoms with van der Waals surface area (Å²) < 4.78 is 11.0. The molecule has 5 nitrogen and oxygen atoms in total. The van der Waals surface area contributed by atoms with Crippen molar-refractivity contribution in [3.63, 3.8) is 0 Å². The van der Waals surface area contributed by atoms with Crippen LogP contribution in [-0.4, -0.2) is 15.7 Å². The van der Waals surface area contributed by atoms with Gasteiger partial charge in [-0.1, -0.05) is 5.16 Å². The second-order valence-corrected chi connectivity index (χ2v) is 6.22. The van der Waals surface area contributed by atoms with Crippen molar-refractivity contribution in [3.05, 3.63) is 41.0 Å². The molecule has 0 bridgehead atoms. The molecule has 0 radical (unpaired) electrons. The number of aromatic nitrogens is 2. The highest BCUT2D eigenvalue weighted by atomic mass is 16.5. The van der Waals surface area contributed by atoms with Gasteiger partial charge in [-0.2, -0.15) is 0 Å². The Morgan fingerprint density at radius 1 is 1.19 bits per heavy atom. The fraction of sp³-hybridized carbons (Fsp3) is 0.500. The van der Waals surface area contributed by atoms with E-state index in [0.717, 1.165) is 22.8 Å². The molecular formula is C16H23N3O2. The fourth-order valence-electron chi connectivity index (χ4n) is 1.84. The molecule has 0 fully saturated rings. The normalized spacial score (nSPS) is 11.7. The van der Waals surface area contributed by atoms with Crippen LogP contribution < -0.4 is 10.1 Å². The van der Waals surface area contributed by atoms with Gasteiger partial charge in [0.15, 0.2) is 5.76 Å². The smallest absolute Gasteiger partial charge is 0.174 e. The van der Waals surface area contributed by atoms with Gasteiger partial charge in [-0.15, -0.1) is 0 Å². The maximum atomic E-state index is 5.82. The molecule has 0 saturated heterocycles. The summed E-state index contributed by atoms with van der Waals surface area (Å²) in [4.78, 5) is 4.56. The lowest BCUT2D eigenvalue weighted by atomic mass is 10.1. The Morgan fingerprint density at radius 2 is 1.95 bits per heavy atom. The molecule has 5 heteroatoms. The van der Waals surface area contributed by atoms with E-state index in [4.69, 9.17) is 9.26 Å². The van der Waals surface area contributed by atoms with Crippen LogP contribution in [0.3, 0.4) is 0 Å². The first kappa shape index (κ1) is 15.5. The van der Waals surface area contributed by atoms with Crippen LogP contribution in [0.5, 0.6) is 5.75 Å². The van der Waals surface area contributed by atoms with Gasteiger partial charge >= 0.3 is 0 Å². The Balaban J connectivity index is 2.07. The van der Waals surface area contributed by atoms with Gasteiger partial charge in [0.05, 0.1) is 11.4 Å². The standard InChI is InChI=1S/C16H23N3O2/c1-11-6-7-15(14(18-11)9-17-16(3,4)5)20-10-13-8-12(2)19-21-13/h6-8,17H,9-10H2,1-5H3. The van der Waals surface area contributed by atoms with Crippen LogP contribution in [0.2, 0.25) is 0 Å². The van der Waals surface area contributed by atoms with E-state index in [1.54, 1.807) is 0 Å². The van der Waals surface area contributed by atoms with Crippen molar-refractivity contribution >= 4 is 0 Å². The number of ether oxygens (including phenoxy) is 1. The van der Waals surface area contributed by atoms with E-state index in [1.807, 2.05) is 32.0 Å². The van der Waals surface area contributed by atoms with E-state index in [0.29, 0.717) is 18.9 Å². The zero-order valence-electron chi connectivity index (χ0n) is 13.4. The molecule has 0 aliphatic carbocycles. The summed E-state index contributed by atoms with van der Waals surface area (Å²) in [5.41, 5.74) is 2.76. The second-order valence-electron chi connectivity index (χ2n) is 6.22. The van der Waals surface area contributed by atoms with Crippen molar-refractivity contribution < 1.29 is 9.26 Å². The van der Waals surface area contributed by atoms with Crippen LogP contribution in [0.25, 0.3) is 0 Å². The Kier molecular flexibility index (Phi) is 4.63. The lowest BCUT2D eigenvalue weighted by Gasteiger charge is -2.21. The fourth-order valence-corrected chi connectivity index (χ4v) is 1.84. The summed E-state index contributed by atoms with van der Waals surface area (Å²) in [6.07, 6.45) is 0. The first-order chi connectivity index (χ1) is 9.83. The van der Waals surface area contributed by atoms with Crippen LogP contribution in [-0.2, 0) is 13.2 Å². The third kappa shape index (κ3) is 4.86. The number of hydrogen-bond donors (Lipinski definition) is 1. The zero-order valence-corrected chi connectivity index (χ0v) is 13.4. The first-order valence-corrected chi connectivity index (χ1v) is 7.10. The van der Waals surface area contributed by atoms with Crippen molar-refractivity contribution in [1.29, 1.82) is 0 Å². The van der Waals surface area contributed by atoms with Crippen LogP contribution in [0, 0.1) is 13.8 Å². The molecule has 0 atom stereocenters. The lowest BCUT2D eigenvalue weighted by molar-refractivity contribution is 0.244. The summed E-state index contributed by atoms with van der Waals surface area (Å²) in [5, 5.41) is 7.28. The van der Waals surface area contributed by atoms with Crippen LogP contribution in [0.4, 0.5) is 0 Å². The molecule has 114 valence electrons. The van der Waals surface area contributed by atoms with Crippen molar-refractivity contribution in [1.82, 2.24) is 15.5 Å². The number of hydrogen-bond acceptors (Lipinski definition) is 5. The Morgan fingerprint density at radius 3 is 2.57 bits per heavy atom. The van der Waals surface area contributed by atoms with Gasteiger partial charge in [-0.3, -0.25) is 4.98 Å². The predicted molar refractivity (Wildman–Crippen MR) is 81.1 cm³/mol. The van der Waals surface area contributed by atoms with Gasteiger partial charge in [-0.25, -0.2) is 0 Å². The van der Waals surface area contributed by atoms with E-state index in [2.05, 4.69) is 36.2 Å². The van der Waals surface area contributed by atoms with Gasteiger partial charge in [0, 0.05) is 23.8 Å². The maximum Gasteiger partial charge on any atom is 0.174 e. The topological polar surface area (TPSA) is 60.2 Å². The van der Waals surface area contributed by atoms with Crippen molar-refractivity contribution in [2.24, 2.45) is 0 Å². The third-order valence-corrected chi connectivity index (χ3v) is 2.90. The summed E-state index contributed by atoms with van der Waals surface area (Å²) in [7, 11) is 0. The van der Waals surface area contributed by atoms with E-state index in [9.17, 15) is 0 Å². The SMILES string of the molecule is Cc1cc(COc2ccc(C)nc2CNC(C)(C)C)on1. The minimum absolute atomic E-state index is 0.0325. The number of nitrogens with one attached hydrogen (secondary N) is 1. The largest absolute Gasteiger partial charge is 0.484 e. The molecule has 1 N–H and O–H groups in total. The minimum Gasteiger partial charge on any atom is -0.484 e.